The zero-order chi connectivity index (χ0) is 25.6. The van der Waals surface area contributed by atoms with Gasteiger partial charge in [-0.25, -0.2) is 23.4 Å². The van der Waals surface area contributed by atoms with E-state index in [1.807, 2.05) is 12.1 Å². The third-order valence-corrected chi connectivity index (χ3v) is 9.68. The Morgan fingerprint density at radius 1 is 1.19 bits per heavy atom. The van der Waals surface area contributed by atoms with Gasteiger partial charge in [-0.15, -0.1) is 0 Å². The Kier molecular flexibility index (Phi) is 6.21. The van der Waals surface area contributed by atoms with Crippen molar-refractivity contribution in [3.8, 4) is 11.3 Å². The number of rotatable bonds is 9. The Hall–Kier alpha value is -3.28. The van der Waals surface area contributed by atoms with Crippen LogP contribution in [0.25, 0.3) is 11.3 Å². The molecule has 3 aromatic rings. The van der Waals surface area contributed by atoms with E-state index in [0.717, 1.165) is 36.5 Å². The van der Waals surface area contributed by atoms with E-state index in [1.54, 1.807) is 18.5 Å². The number of fused-ring (bicyclic) bond motifs is 2. The maximum absolute atomic E-state index is 12.2. The first-order valence-corrected chi connectivity index (χ1v) is 14.3. The first-order valence-electron chi connectivity index (χ1n) is 12.6. The molecule has 194 valence electrons. The molecule has 2 saturated heterocycles. The number of nitrogens with zero attached hydrogens (tertiary/aromatic N) is 4. The van der Waals surface area contributed by atoms with Crippen LogP contribution in [-0.4, -0.2) is 65.8 Å². The van der Waals surface area contributed by atoms with Gasteiger partial charge in [-0.2, -0.15) is 0 Å². The Morgan fingerprint density at radius 2 is 2.05 bits per heavy atom. The van der Waals surface area contributed by atoms with Crippen molar-refractivity contribution in [1.82, 2.24) is 15.0 Å². The minimum atomic E-state index is -3.27. The predicted octanol–water partition coefficient (Wildman–Crippen LogP) is 2.84. The molecule has 1 aliphatic carbocycles. The van der Waals surface area contributed by atoms with Crippen LogP contribution in [0.1, 0.15) is 24.8 Å². The smallest absolute Gasteiger partial charge is 0.227 e. The molecule has 3 aliphatic rings. The molecule has 0 spiro atoms. The van der Waals surface area contributed by atoms with Crippen molar-refractivity contribution in [2.45, 2.75) is 49.0 Å². The molecule has 1 saturated carbocycles. The lowest BCUT2D eigenvalue weighted by Crippen LogP contribution is -2.39. The number of benzene rings is 1. The zero-order valence-electron chi connectivity index (χ0n) is 20.7. The zero-order valence-corrected chi connectivity index (χ0v) is 21.5. The van der Waals surface area contributed by atoms with Gasteiger partial charge in [-0.1, -0.05) is 0 Å². The second kappa shape index (κ2) is 9.55. The fourth-order valence-electron chi connectivity index (χ4n) is 5.07. The summed E-state index contributed by atoms with van der Waals surface area (Å²) in [5.41, 5.74) is 10.8. The van der Waals surface area contributed by atoms with Crippen LogP contribution < -0.4 is 21.3 Å². The molecular formula is C26H31N7O3S. The summed E-state index contributed by atoms with van der Waals surface area (Å²) in [6.45, 7) is 4.02. The number of ether oxygens (including phenoxy) is 1. The van der Waals surface area contributed by atoms with Gasteiger partial charge in [0.05, 0.1) is 29.7 Å². The minimum absolute atomic E-state index is 0.123. The summed E-state index contributed by atoms with van der Waals surface area (Å²) >= 11 is 0. The third-order valence-electron chi connectivity index (χ3n) is 7.27. The Bertz CT molecular complexity index is 1400. The van der Waals surface area contributed by atoms with Crippen LogP contribution in [0, 0.1) is 6.92 Å². The van der Waals surface area contributed by atoms with E-state index in [1.165, 1.54) is 11.3 Å². The highest BCUT2D eigenvalue weighted by molar-refractivity contribution is 7.92. The van der Waals surface area contributed by atoms with Crippen LogP contribution in [0.5, 0.6) is 0 Å². The van der Waals surface area contributed by atoms with Gasteiger partial charge in [0, 0.05) is 42.4 Å². The fourth-order valence-corrected chi connectivity index (χ4v) is 6.68. The van der Waals surface area contributed by atoms with Gasteiger partial charge in [0.25, 0.3) is 0 Å². The lowest BCUT2D eigenvalue weighted by Gasteiger charge is -2.30. The molecule has 0 amide bonds. The average Bonchev–Trinajstić information content (AvgIpc) is 3.57. The van der Waals surface area contributed by atoms with Gasteiger partial charge in [-0.05, 0) is 68.1 Å². The van der Waals surface area contributed by atoms with E-state index >= 15 is 0 Å². The molecule has 3 atom stereocenters. The SMILES string of the molecule is Cc1cc(Nc2nccc(-c3ccc(NCC(N)S(=O)(=O)C4CC4)nc3)n2)ccc1N1C[C@@H]2C[C@H]1CO2. The first-order chi connectivity index (χ1) is 17.9. The summed E-state index contributed by atoms with van der Waals surface area (Å²) in [4.78, 5) is 15.9. The molecule has 4 heterocycles. The number of aromatic nitrogens is 3. The van der Waals surface area contributed by atoms with Crippen LogP contribution >= 0.6 is 0 Å². The summed E-state index contributed by atoms with van der Waals surface area (Å²) in [7, 11) is -3.27. The number of nitrogens with two attached hydrogens (primary N) is 1. The van der Waals surface area contributed by atoms with Crippen molar-refractivity contribution < 1.29 is 13.2 Å². The van der Waals surface area contributed by atoms with Gasteiger partial charge in [0.15, 0.2) is 9.84 Å². The van der Waals surface area contributed by atoms with E-state index in [4.69, 9.17) is 10.5 Å². The standard InChI is InChI=1S/C26H31N7O3S/c1-16-10-18(3-6-23(16)33-14-20-11-19(33)15-36-20)31-26-28-9-8-22(32-26)17-2-7-25(29-12-17)30-13-24(27)37(34,35)21-4-5-21/h2-3,6-10,12,19-21,24H,4-5,11,13-15,27H2,1H3,(H,29,30)(H,28,31,32)/t19-,20-,24?/m0/s1. The Morgan fingerprint density at radius 3 is 2.73 bits per heavy atom. The second-order valence-electron chi connectivity index (χ2n) is 10.0. The monoisotopic (exact) mass is 521 g/mol. The molecule has 4 N–H and O–H groups in total. The van der Waals surface area contributed by atoms with E-state index in [2.05, 4.69) is 55.6 Å². The third kappa shape index (κ3) is 4.98. The second-order valence-corrected chi connectivity index (χ2v) is 12.5. The largest absolute Gasteiger partial charge is 0.374 e. The van der Waals surface area contributed by atoms with Gasteiger partial charge >= 0.3 is 0 Å². The van der Waals surface area contributed by atoms with Crippen LogP contribution in [0.4, 0.5) is 23.1 Å². The number of morpholine rings is 1. The molecule has 2 aliphatic heterocycles. The topological polar surface area (TPSA) is 135 Å². The maximum atomic E-state index is 12.2. The molecule has 1 unspecified atom stereocenters. The van der Waals surface area contributed by atoms with Crippen molar-refractivity contribution in [1.29, 1.82) is 0 Å². The first kappa shape index (κ1) is 24.1. The van der Waals surface area contributed by atoms with Gasteiger partial charge in [0.2, 0.25) is 5.95 Å². The summed E-state index contributed by atoms with van der Waals surface area (Å²) in [5, 5.41) is 5.12. The molecular weight excluding hydrogens is 490 g/mol. The number of sulfone groups is 1. The van der Waals surface area contributed by atoms with E-state index in [-0.39, 0.29) is 11.8 Å². The van der Waals surface area contributed by atoms with Crippen LogP contribution in [0.15, 0.2) is 48.8 Å². The van der Waals surface area contributed by atoms with Crippen LogP contribution in [0.3, 0.4) is 0 Å². The Balaban J connectivity index is 1.10. The predicted molar refractivity (Wildman–Crippen MR) is 144 cm³/mol. The molecule has 2 aromatic heterocycles. The lowest BCUT2D eigenvalue weighted by molar-refractivity contribution is 0.0991. The molecule has 11 heteroatoms. The fraction of sp³-hybridized carbons (Fsp3) is 0.423. The highest BCUT2D eigenvalue weighted by Gasteiger charge is 2.40. The van der Waals surface area contributed by atoms with Gasteiger partial charge in [-0.3, -0.25) is 0 Å². The summed E-state index contributed by atoms with van der Waals surface area (Å²) in [6, 6.07) is 12.3. The molecule has 0 radical (unpaired) electrons. The van der Waals surface area contributed by atoms with E-state index < -0.39 is 15.2 Å². The van der Waals surface area contributed by atoms with Gasteiger partial charge < -0.3 is 26.0 Å². The summed E-state index contributed by atoms with van der Waals surface area (Å²) in [5.74, 6) is 1.06. The average molecular weight is 522 g/mol. The number of hydrogen-bond donors (Lipinski definition) is 3. The molecule has 10 nitrogen and oxygen atoms in total. The van der Waals surface area contributed by atoms with Crippen molar-refractivity contribution in [2.75, 3.05) is 35.2 Å². The summed E-state index contributed by atoms with van der Waals surface area (Å²) < 4.78 is 30.2. The number of anilines is 4. The van der Waals surface area contributed by atoms with Crippen LogP contribution in [0.2, 0.25) is 0 Å². The van der Waals surface area contributed by atoms with Crippen molar-refractivity contribution in [3.63, 3.8) is 0 Å². The number of nitrogens with one attached hydrogen (secondary N) is 2. The van der Waals surface area contributed by atoms with E-state index in [9.17, 15) is 8.42 Å². The lowest BCUT2D eigenvalue weighted by atomic mass is 10.1. The van der Waals surface area contributed by atoms with Crippen molar-refractivity contribution in [3.05, 3.63) is 54.4 Å². The van der Waals surface area contributed by atoms with Crippen molar-refractivity contribution >= 4 is 33.0 Å². The molecule has 3 fully saturated rings. The van der Waals surface area contributed by atoms with Crippen molar-refractivity contribution in [2.24, 2.45) is 5.73 Å². The summed E-state index contributed by atoms with van der Waals surface area (Å²) in [6.07, 6.45) is 6.29. The molecule has 6 rings (SSSR count). The van der Waals surface area contributed by atoms with Gasteiger partial charge in [0.1, 0.15) is 11.2 Å². The van der Waals surface area contributed by atoms with Crippen LogP contribution in [-0.2, 0) is 14.6 Å². The molecule has 1 aromatic carbocycles. The number of pyridine rings is 1. The minimum Gasteiger partial charge on any atom is -0.374 e. The Labute approximate surface area is 216 Å². The number of hydrogen-bond acceptors (Lipinski definition) is 10. The van der Waals surface area contributed by atoms with E-state index in [0.29, 0.717) is 36.8 Å². The number of aryl methyl sites for hydroxylation is 1. The highest BCUT2D eigenvalue weighted by Crippen LogP contribution is 2.35. The quantitative estimate of drug-likeness (QED) is 0.386. The molecule has 2 bridgehead atoms. The highest BCUT2D eigenvalue weighted by atomic mass is 32.2. The molecule has 37 heavy (non-hydrogen) atoms. The maximum Gasteiger partial charge on any atom is 0.227 e. The normalized spacial score (nSPS) is 21.7.